The van der Waals surface area contributed by atoms with E-state index in [9.17, 15) is 14.9 Å². The molecule has 0 saturated heterocycles. The normalized spacial score (nSPS) is 19.4. The zero-order valence-electron chi connectivity index (χ0n) is 10.9. The first kappa shape index (κ1) is 13.5. The average molecular weight is 339 g/mol. The second-order valence-electron chi connectivity index (χ2n) is 5.72. The lowest BCUT2D eigenvalue weighted by Crippen LogP contribution is -2.31. The summed E-state index contributed by atoms with van der Waals surface area (Å²) in [5.74, 6) is 0.531. The largest absolute Gasteiger partial charge is 0.351 e. The second-order valence-corrected chi connectivity index (χ2v) is 6.51. The summed E-state index contributed by atoms with van der Waals surface area (Å²) in [4.78, 5) is 22.6. The van der Waals surface area contributed by atoms with Crippen LogP contribution >= 0.6 is 15.9 Å². The molecule has 2 saturated carbocycles. The molecule has 20 heavy (non-hydrogen) atoms. The molecule has 3 rings (SSSR count). The first-order valence-electron chi connectivity index (χ1n) is 6.75. The number of benzene rings is 1. The van der Waals surface area contributed by atoms with Crippen molar-refractivity contribution in [1.29, 1.82) is 0 Å². The third-order valence-electron chi connectivity index (χ3n) is 4.36. The molecule has 0 unspecified atom stereocenters. The van der Waals surface area contributed by atoms with Crippen LogP contribution in [-0.4, -0.2) is 17.4 Å². The summed E-state index contributed by atoms with van der Waals surface area (Å²) in [6.07, 6.45) is 4.93. The topological polar surface area (TPSA) is 72.2 Å². The van der Waals surface area contributed by atoms with Crippen LogP contribution in [0.4, 0.5) is 5.69 Å². The third kappa shape index (κ3) is 2.44. The minimum Gasteiger partial charge on any atom is -0.351 e. The number of halogens is 1. The van der Waals surface area contributed by atoms with Gasteiger partial charge in [-0.25, -0.2) is 0 Å². The van der Waals surface area contributed by atoms with Gasteiger partial charge in [0.2, 0.25) is 0 Å². The van der Waals surface area contributed by atoms with Gasteiger partial charge in [-0.3, -0.25) is 14.9 Å². The average Bonchev–Trinajstić information content (AvgIpc) is 3.27. The molecule has 1 amide bonds. The van der Waals surface area contributed by atoms with Crippen LogP contribution in [0, 0.1) is 21.4 Å². The van der Waals surface area contributed by atoms with Gasteiger partial charge in [0.15, 0.2) is 0 Å². The highest BCUT2D eigenvalue weighted by Crippen LogP contribution is 2.60. The Morgan fingerprint density at radius 2 is 2.15 bits per heavy atom. The molecule has 106 valence electrons. The van der Waals surface area contributed by atoms with Crippen LogP contribution in [0.5, 0.6) is 0 Å². The Morgan fingerprint density at radius 1 is 1.45 bits per heavy atom. The summed E-state index contributed by atoms with van der Waals surface area (Å²) >= 11 is 3.16. The number of hydrogen-bond acceptors (Lipinski definition) is 3. The fraction of sp³-hybridized carbons (Fsp3) is 0.500. The van der Waals surface area contributed by atoms with Crippen molar-refractivity contribution in [2.45, 2.75) is 25.7 Å². The lowest BCUT2D eigenvalue weighted by Gasteiger charge is -2.15. The van der Waals surface area contributed by atoms with Crippen molar-refractivity contribution < 1.29 is 9.72 Å². The molecule has 1 aromatic rings. The Morgan fingerprint density at radius 3 is 2.70 bits per heavy atom. The van der Waals surface area contributed by atoms with Crippen LogP contribution in [0.25, 0.3) is 0 Å². The first-order valence-corrected chi connectivity index (χ1v) is 7.54. The van der Waals surface area contributed by atoms with Crippen molar-refractivity contribution in [3.63, 3.8) is 0 Å². The molecule has 0 aliphatic heterocycles. The summed E-state index contributed by atoms with van der Waals surface area (Å²) in [7, 11) is 0. The summed E-state index contributed by atoms with van der Waals surface area (Å²) in [6, 6.07) is 4.52. The van der Waals surface area contributed by atoms with E-state index >= 15 is 0 Å². The van der Waals surface area contributed by atoms with Crippen molar-refractivity contribution in [2.24, 2.45) is 11.3 Å². The molecule has 0 aromatic heterocycles. The Labute approximate surface area is 125 Å². The lowest BCUT2D eigenvalue weighted by atomic mass is 10.0. The van der Waals surface area contributed by atoms with Crippen LogP contribution in [0.2, 0.25) is 0 Å². The minimum absolute atomic E-state index is 0.0824. The van der Waals surface area contributed by atoms with Crippen LogP contribution in [0.1, 0.15) is 36.0 Å². The van der Waals surface area contributed by atoms with E-state index in [-0.39, 0.29) is 16.1 Å². The van der Waals surface area contributed by atoms with E-state index in [0.29, 0.717) is 17.5 Å². The van der Waals surface area contributed by atoms with Gasteiger partial charge < -0.3 is 5.32 Å². The molecular formula is C14H15BrN2O3. The maximum absolute atomic E-state index is 12.2. The number of nitrogens with one attached hydrogen (secondary N) is 1. The number of amides is 1. The van der Waals surface area contributed by atoms with E-state index in [1.807, 2.05) is 0 Å². The molecule has 0 bridgehead atoms. The van der Waals surface area contributed by atoms with Crippen LogP contribution in [0.15, 0.2) is 22.7 Å². The molecule has 0 radical (unpaired) electrons. The standard InChI is InChI=1S/C14H15BrN2O3/c15-12-10(2-1-3-11(12)17(19)20)13(18)16-8-14(6-7-14)9-4-5-9/h1-3,9H,4-8H2,(H,16,18). The molecule has 2 aliphatic carbocycles. The zero-order valence-corrected chi connectivity index (χ0v) is 12.5. The molecule has 6 heteroatoms. The zero-order chi connectivity index (χ0) is 14.3. The number of carbonyl (C=O) groups is 1. The lowest BCUT2D eigenvalue weighted by molar-refractivity contribution is -0.385. The number of nitro groups is 1. The maximum Gasteiger partial charge on any atom is 0.284 e. The second kappa shape index (κ2) is 4.84. The number of carbonyl (C=O) groups excluding carboxylic acids is 1. The van der Waals surface area contributed by atoms with Crippen molar-refractivity contribution in [2.75, 3.05) is 6.54 Å². The monoisotopic (exact) mass is 338 g/mol. The van der Waals surface area contributed by atoms with Gasteiger partial charge in [-0.2, -0.15) is 0 Å². The van der Waals surface area contributed by atoms with Crippen LogP contribution in [-0.2, 0) is 0 Å². The highest BCUT2D eigenvalue weighted by molar-refractivity contribution is 9.10. The summed E-state index contributed by atoms with van der Waals surface area (Å²) in [5.41, 5.74) is 0.565. The van der Waals surface area contributed by atoms with Gasteiger partial charge in [-0.05, 0) is 59.0 Å². The smallest absolute Gasteiger partial charge is 0.284 e. The Bertz CT molecular complexity index is 580. The SMILES string of the molecule is O=C(NCC1(C2CC2)CC1)c1cccc([N+](=O)[O-])c1Br. The van der Waals surface area contributed by atoms with E-state index in [0.717, 1.165) is 5.92 Å². The van der Waals surface area contributed by atoms with E-state index in [1.165, 1.54) is 37.8 Å². The highest BCUT2D eigenvalue weighted by atomic mass is 79.9. The molecule has 1 aromatic carbocycles. The highest BCUT2D eigenvalue weighted by Gasteiger charge is 2.53. The quantitative estimate of drug-likeness (QED) is 0.661. The van der Waals surface area contributed by atoms with Crippen molar-refractivity contribution in [1.82, 2.24) is 5.32 Å². The predicted octanol–water partition coefficient (Wildman–Crippen LogP) is 3.28. The van der Waals surface area contributed by atoms with Gasteiger partial charge >= 0.3 is 0 Å². The Balaban J connectivity index is 1.71. The number of nitrogens with zero attached hydrogens (tertiary/aromatic N) is 1. The van der Waals surface area contributed by atoms with Crippen LogP contribution < -0.4 is 5.32 Å². The fourth-order valence-corrected chi connectivity index (χ4v) is 3.36. The molecule has 5 nitrogen and oxygen atoms in total. The fourth-order valence-electron chi connectivity index (χ4n) is 2.77. The molecule has 2 fully saturated rings. The Hall–Kier alpha value is -1.43. The maximum atomic E-state index is 12.2. The summed E-state index contributed by atoms with van der Waals surface area (Å²) < 4.78 is 0.249. The molecular weight excluding hydrogens is 324 g/mol. The number of rotatable bonds is 5. The van der Waals surface area contributed by atoms with Crippen molar-refractivity contribution in [3.05, 3.63) is 38.3 Å². The van der Waals surface area contributed by atoms with E-state index in [4.69, 9.17) is 0 Å². The van der Waals surface area contributed by atoms with Crippen LogP contribution in [0.3, 0.4) is 0 Å². The molecule has 0 spiro atoms. The van der Waals surface area contributed by atoms with Gasteiger partial charge in [0.1, 0.15) is 4.47 Å². The molecule has 2 aliphatic rings. The van der Waals surface area contributed by atoms with Crippen molar-refractivity contribution in [3.8, 4) is 0 Å². The Kier molecular flexibility index (Phi) is 3.28. The van der Waals surface area contributed by atoms with Gasteiger partial charge in [0, 0.05) is 12.6 Å². The minimum atomic E-state index is -0.493. The third-order valence-corrected chi connectivity index (χ3v) is 5.19. The number of hydrogen-bond donors (Lipinski definition) is 1. The van der Waals surface area contributed by atoms with E-state index < -0.39 is 4.92 Å². The van der Waals surface area contributed by atoms with Gasteiger partial charge in [-0.15, -0.1) is 0 Å². The number of nitro benzene ring substituents is 1. The van der Waals surface area contributed by atoms with Gasteiger partial charge in [0.25, 0.3) is 11.6 Å². The summed E-state index contributed by atoms with van der Waals surface area (Å²) in [6.45, 7) is 0.686. The molecule has 0 heterocycles. The van der Waals surface area contributed by atoms with Gasteiger partial charge in [0.05, 0.1) is 10.5 Å². The van der Waals surface area contributed by atoms with Crippen molar-refractivity contribution >= 4 is 27.5 Å². The van der Waals surface area contributed by atoms with E-state index in [1.54, 1.807) is 6.07 Å². The first-order chi connectivity index (χ1) is 9.53. The van der Waals surface area contributed by atoms with Gasteiger partial charge in [-0.1, -0.05) is 6.07 Å². The predicted molar refractivity (Wildman–Crippen MR) is 77.5 cm³/mol. The summed E-state index contributed by atoms with van der Waals surface area (Å²) in [5, 5.41) is 13.8. The molecule has 0 atom stereocenters. The van der Waals surface area contributed by atoms with E-state index in [2.05, 4.69) is 21.2 Å². The molecule has 1 N–H and O–H groups in total.